The molecule has 0 saturated carbocycles. The van der Waals surface area contributed by atoms with Crippen molar-refractivity contribution in [3.63, 3.8) is 0 Å². The number of fused-ring (bicyclic) bond motifs is 3. The predicted molar refractivity (Wildman–Crippen MR) is 196 cm³/mol. The van der Waals surface area contributed by atoms with Crippen LogP contribution in [-0.4, -0.2) is 23.2 Å². The third kappa shape index (κ3) is 8.03. The second-order valence-corrected chi connectivity index (χ2v) is 24.0. The van der Waals surface area contributed by atoms with Crippen LogP contribution in [0.3, 0.4) is 0 Å². The van der Waals surface area contributed by atoms with Crippen LogP contribution in [0.2, 0.25) is 17.3 Å². The second kappa shape index (κ2) is 15.1. The second-order valence-electron chi connectivity index (χ2n) is 13.5. The molecule has 0 fully saturated rings. The van der Waals surface area contributed by atoms with Crippen LogP contribution >= 0.6 is 0 Å². The Labute approximate surface area is 299 Å². The van der Waals surface area contributed by atoms with Crippen molar-refractivity contribution < 1.29 is 28.9 Å². The fourth-order valence-corrected chi connectivity index (χ4v) is 9.59. The maximum absolute atomic E-state index is 13.4. The van der Waals surface area contributed by atoms with Gasteiger partial charge in [0.2, 0.25) is 0 Å². The molecular formula is C42H39FGeIrN2O-2. The van der Waals surface area contributed by atoms with Crippen LogP contribution in [0.5, 0.6) is 0 Å². The molecular weight excluding hydrogens is 832 g/mol. The number of furan rings is 1. The first-order valence-corrected chi connectivity index (χ1v) is 23.4. The minimum atomic E-state index is -1.77. The molecule has 245 valence electrons. The van der Waals surface area contributed by atoms with Crippen molar-refractivity contribution in [3.05, 3.63) is 139 Å². The topological polar surface area (TPSA) is 38.9 Å². The summed E-state index contributed by atoms with van der Waals surface area (Å²) in [5.74, 6) is 7.55. The van der Waals surface area contributed by atoms with E-state index in [1.54, 1.807) is 12.1 Å². The van der Waals surface area contributed by atoms with Crippen LogP contribution < -0.4 is 4.40 Å². The number of para-hydroxylation sites is 1. The van der Waals surface area contributed by atoms with E-state index in [4.69, 9.17) is 4.42 Å². The Morgan fingerprint density at radius 1 is 0.812 bits per heavy atom. The molecule has 48 heavy (non-hydrogen) atoms. The summed E-state index contributed by atoms with van der Waals surface area (Å²) < 4.78 is 21.0. The molecule has 0 spiro atoms. The summed E-state index contributed by atoms with van der Waals surface area (Å²) in [6, 6.07) is 37.5. The van der Waals surface area contributed by atoms with Crippen LogP contribution in [0.4, 0.5) is 4.39 Å². The van der Waals surface area contributed by atoms with E-state index < -0.39 is 13.3 Å². The minimum absolute atomic E-state index is 0. The van der Waals surface area contributed by atoms with E-state index in [2.05, 4.69) is 103 Å². The van der Waals surface area contributed by atoms with E-state index in [1.807, 2.05) is 42.6 Å². The van der Waals surface area contributed by atoms with Crippen LogP contribution in [0, 0.1) is 30.8 Å². The molecule has 3 heterocycles. The van der Waals surface area contributed by atoms with Gasteiger partial charge in [-0.2, -0.15) is 0 Å². The van der Waals surface area contributed by atoms with Gasteiger partial charge >= 0.3 is 106 Å². The molecule has 0 N–H and O–H groups in total. The first-order valence-electron chi connectivity index (χ1n) is 16.1. The van der Waals surface area contributed by atoms with Gasteiger partial charge in [0.05, 0.1) is 5.58 Å². The van der Waals surface area contributed by atoms with Gasteiger partial charge in [-0.1, -0.05) is 61.2 Å². The summed E-state index contributed by atoms with van der Waals surface area (Å²) in [7, 11) is 0. The molecule has 4 aromatic carbocycles. The zero-order valence-electron chi connectivity index (χ0n) is 28.2. The molecule has 0 unspecified atom stereocenters. The van der Waals surface area contributed by atoms with Gasteiger partial charge in [-0.15, -0.1) is 23.8 Å². The van der Waals surface area contributed by atoms with Gasteiger partial charge in [-0.25, -0.2) is 4.39 Å². The summed E-state index contributed by atoms with van der Waals surface area (Å²) in [5, 5.41) is 2.05. The average molecular weight is 872 g/mol. The minimum Gasteiger partial charge on any atom is 0 e. The first-order chi connectivity index (χ1) is 22.6. The van der Waals surface area contributed by atoms with E-state index in [0.29, 0.717) is 5.92 Å². The molecule has 0 aliphatic rings. The number of halogens is 1. The van der Waals surface area contributed by atoms with Crippen LogP contribution in [0.1, 0.15) is 25.0 Å². The molecule has 7 rings (SSSR count). The molecule has 3 nitrogen and oxygen atoms in total. The molecule has 0 atom stereocenters. The largest absolute Gasteiger partial charge is 0 e. The third-order valence-corrected chi connectivity index (χ3v) is 12.7. The van der Waals surface area contributed by atoms with Crippen molar-refractivity contribution in [2.24, 2.45) is 5.92 Å². The normalized spacial score (nSPS) is 11.3. The molecule has 0 saturated heterocycles. The zero-order valence-corrected chi connectivity index (χ0v) is 32.7. The zero-order chi connectivity index (χ0) is 33.1. The van der Waals surface area contributed by atoms with Crippen molar-refractivity contribution in [2.75, 3.05) is 0 Å². The first kappa shape index (κ1) is 35.4. The number of aromatic nitrogens is 2. The number of hydrogen-bond acceptors (Lipinski definition) is 3. The Bertz CT molecular complexity index is 2150. The number of rotatable bonds is 6. The number of aryl methyl sites for hydroxylation is 1. The van der Waals surface area contributed by atoms with Gasteiger partial charge in [0.15, 0.2) is 0 Å². The quantitative estimate of drug-likeness (QED) is 0.123. The van der Waals surface area contributed by atoms with Gasteiger partial charge in [0, 0.05) is 37.3 Å². The van der Waals surface area contributed by atoms with E-state index in [9.17, 15) is 4.39 Å². The molecule has 3 aromatic heterocycles. The summed E-state index contributed by atoms with van der Waals surface area (Å²) in [6.45, 7) is 6.63. The maximum atomic E-state index is 13.4. The Kier molecular flexibility index (Phi) is 11.1. The van der Waals surface area contributed by atoms with Gasteiger partial charge in [-0.3, -0.25) is 0 Å². The molecule has 1 radical (unpaired) electrons. The van der Waals surface area contributed by atoms with Crippen molar-refractivity contribution in [2.45, 2.75) is 44.5 Å². The van der Waals surface area contributed by atoms with Crippen molar-refractivity contribution in [1.29, 1.82) is 0 Å². The molecule has 0 bridgehead atoms. The van der Waals surface area contributed by atoms with Crippen LogP contribution in [0.15, 0.2) is 114 Å². The Hall–Kier alpha value is -3.90. The van der Waals surface area contributed by atoms with E-state index >= 15 is 0 Å². The Morgan fingerprint density at radius 2 is 1.58 bits per heavy atom. The number of hydrogen-bond donors (Lipinski definition) is 0. The van der Waals surface area contributed by atoms with Crippen LogP contribution in [-0.2, 0) is 26.5 Å². The fraction of sp³-hybridized carbons (Fsp3) is 0.190. The summed E-state index contributed by atoms with van der Waals surface area (Å²) in [6.07, 6.45) is 4.96. The molecule has 0 aliphatic heterocycles. The van der Waals surface area contributed by atoms with Crippen molar-refractivity contribution in [1.82, 2.24) is 9.97 Å². The monoisotopic (exact) mass is 873 g/mol. The molecule has 6 heteroatoms. The van der Waals surface area contributed by atoms with Crippen molar-refractivity contribution >= 4 is 39.6 Å². The molecule has 7 aromatic rings. The fourth-order valence-electron chi connectivity index (χ4n) is 6.01. The maximum Gasteiger partial charge on any atom is 0 e. The standard InChI is InChI=1S/C27H21FNO.C15H18GeN.Ir/c1-17(2)14-18-12-13-29-25(15-18)20-8-11-26-24(16-20)23-5-3-4-22(27(23)30-26)19-6-9-21(28)10-7-19;1-12-10-15(13-8-6-5-7-9-13)17-11-14(12)16(2,3)4;/h3-7,9-13,15-17H,14H2,1-2H3;5-8,10-11H,1-4H3;/q2*-1;. The Morgan fingerprint density at radius 3 is 2.27 bits per heavy atom. The van der Waals surface area contributed by atoms with Gasteiger partial charge < -0.3 is 9.40 Å². The van der Waals surface area contributed by atoms with E-state index in [0.717, 1.165) is 62.0 Å². The van der Waals surface area contributed by atoms with Crippen molar-refractivity contribution in [3.8, 4) is 33.6 Å². The predicted octanol–water partition coefficient (Wildman–Crippen LogP) is 10.9. The average Bonchev–Trinajstić information content (AvgIpc) is 3.43. The van der Waals surface area contributed by atoms with E-state index in [-0.39, 0.29) is 25.9 Å². The summed E-state index contributed by atoms with van der Waals surface area (Å²) >= 11 is -1.77. The smallest absolute Gasteiger partial charge is 0 e. The summed E-state index contributed by atoms with van der Waals surface area (Å²) in [4.78, 5) is 9.16. The van der Waals surface area contributed by atoms with E-state index in [1.165, 1.54) is 27.7 Å². The summed E-state index contributed by atoms with van der Waals surface area (Å²) in [5.41, 5.74) is 10.1. The van der Waals surface area contributed by atoms with Gasteiger partial charge in [-0.05, 0) is 41.8 Å². The van der Waals surface area contributed by atoms with Gasteiger partial charge in [0.1, 0.15) is 11.4 Å². The Balaban J connectivity index is 0.000000214. The van der Waals surface area contributed by atoms with Crippen LogP contribution in [0.25, 0.3) is 55.6 Å². The van der Waals surface area contributed by atoms with Gasteiger partial charge in [0.25, 0.3) is 0 Å². The number of benzene rings is 4. The number of nitrogens with zero attached hydrogens (tertiary/aromatic N) is 2. The number of pyridine rings is 2. The third-order valence-electron chi connectivity index (χ3n) is 8.23. The SMILES string of the molecule is CC(C)Cc1ccnc(-c2[c-]cc3oc4c(-c5ccc(F)cc5)cccc4c3c2)c1.Cc1cc(-c2[c-]cccc2)nc[c]1[Ge]([CH3])([CH3])[CH3].[Ir]. The molecule has 0 aliphatic carbocycles. The molecule has 0 amide bonds.